The lowest BCUT2D eigenvalue weighted by Gasteiger charge is -2.13. The zero-order chi connectivity index (χ0) is 18.8. The van der Waals surface area contributed by atoms with Crippen LogP contribution >= 0.6 is 35.6 Å². The second-order valence-corrected chi connectivity index (χ2v) is 7.24. The molecule has 9 heteroatoms. The van der Waals surface area contributed by atoms with Gasteiger partial charge in [-0.1, -0.05) is 59.8 Å². The van der Waals surface area contributed by atoms with Gasteiger partial charge in [0.1, 0.15) is 0 Å². The Hall–Kier alpha value is -2.55. The molecule has 1 aliphatic heterocycles. The van der Waals surface area contributed by atoms with Crippen LogP contribution in [-0.2, 0) is 4.79 Å². The SMILES string of the molecule is O=C1C(=Cc2cccc([N+](=O)[O-])c2)SC(=S)N1C(=O)c1ccccc1Cl. The van der Waals surface area contributed by atoms with E-state index in [0.717, 1.165) is 16.7 Å². The molecule has 130 valence electrons. The number of rotatable bonds is 3. The largest absolute Gasteiger partial charge is 0.273 e. The third-order valence-corrected chi connectivity index (χ3v) is 5.11. The number of thiocarbonyl (C=S) groups is 1. The summed E-state index contributed by atoms with van der Waals surface area (Å²) in [4.78, 5) is 36.7. The highest BCUT2D eigenvalue weighted by Gasteiger charge is 2.37. The number of carbonyl (C=O) groups excluding carboxylic acids is 2. The number of halogens is 1. The van der Waals surface area contributed by atoms with E-state index in [1.807, 2.05) is 0 Å². The van der Waals surface area contributed by atoms with E-state index < -0.39 is 16.7 Å². The van der Waals surface area contributed by atoms with Crippen molar-refractivity contribution in [1.82, 2.24) is 4.90 Å². The van der Waals surface area contributed by atoms with Gasteiger partial charge < -0.3 is 0 Å². The summed E-state index contributed by atoms with van der Waals surface area (Å²) in [5.74, 6) is -1.20. The molecule has 0 bridgehead atoms. The van der Waals surface area contributed by atoms with Gasteiger partial charge in [0, 0.05) is 12.1 Å². The topological polar surface area (TPSA) is 80.5 Å². The summed E-state index contributed by atoms with van der Waals surface area (Å²) in [7, 11) is 0. The average Bonchev–Trinajstić information content (AvgIpc) is 2.88. The molecule has 2 aromatic carbocycles. The monoisotopic (exact) mass is 404 g/mol. The second-order valence-electron chi connectivity index (χ2n) is 5.15. The minimum Gasteiger partial charge on any atom is -0.268 e. The van der Waals surface area contributed by atoms with E-state index in [9.17, 15) is 19.7 Å². The maximum atomic E-state index is 12.6. The van der Waals surface area contributed by atoms with Crippen molar-refractivity contribution in [2.45, 2.75) is 0 Å². The zero-order valence-corrected chi connectivity index (χ0v) is 15.3. The molecule has 0 radical (unpaired) electrons. The first-order valence-corrected chi connectivity index (χ1v) is 8.80. The number of nitrogens with zero attached hydrogens (tertiary/aromatic N) is 2. The molecule has 0 aliphatic carbocycles. The fourth-order valence-corrected chi connectivity index (χ4v) is 3.75. The Balaban J connectivity index is 1.92. The van der Waals surface area contributed by atoms with Crippen molar-refractivity contribution >= 4 is 63.5 Å². The smallest absolute Gasteiger partial charge is 0.268 e. The molecular formula is C17H9ClN2O4S2. The Morgan fingerprint density at radius 3 is 2.65 bits per heavy atom. The number of thioether (sulfide) groups is 1. The number of nitro groups is 1. The highest BCUT2D eigenvalue weighted by Crippen LogP contribution is 2.34. The van der Waals surface area contributed by atoms with Crippen molar-refractivity contribution in [2.24, 2.45) is 0 Å². The van der Waals surface area contributed by atoms with Crippen LogP contribution in [0.2, 0.25) is 5.02 Å². The molecule has 1 heterocycles. The summed E-state index contributed by atoms with van der Waals surface area (Å²) in [6, 6.07) is 12.2. The van der Waals surface area contributed by atoms with Gasteiger partial charge in [-0.15, -0.1) is 0 Å². The predicted molar refractivity (Wildman–Crippen MR) is 104 cm³/mol. The standard InChI is InChI=1S/C17H9ClN2O4S2/c18-13-7-2-1-6-12(13)15(21)19-16(22)14(26-17(19)25)9-10-4-3-5-11(8-10)20(23)24/h1-9H. The lowest BCUT2D eigenvalue weighted by Crippen LogP contribution is -2.34. The van der Waals surface area contributed by atoms with E-state index in [1.54, 1.807) is 24.3 Å². The molecule has 0 unspecified atom stereocenters. The molecule has 26 heavy (non-hydrogen) atoms. The molecule has 1 aliphatic rings. The number of benzene rings is 2. The molecule has 0 atom stereocenters. The first kappa shape index (κ1) is 18.2. The summed E-state index contributed by atoms with van der Waals surface area (Å²) in [5.41, 5.74) is 0.535. The number of non-ortho nitro benzene ring substituents is 1. The fraction of sp³-hybridized carbons (Fsp3) is 0. The van der Waals surface area contributed by atoms with E-state index in [-0.39, 0.29) is 25.5 Å². The van der Waals surface area contributed by atoms with Gasteiger partial charge in [-0.2, -0.15) is 0 Å². The van der Waals surface area contributed by atoms with Crippen LogP contribution in [0.5, 0.6) is 0 Å². The van der Waals surface area contributed by atoms with Crippen LogP contribution in [0.1, 0.15) is 15.9 Å². The Labute approximate surface area is 162 Å². The summed E-state index contributed by atoms with van der Waals surface area (Å²) < 4.78 is 0.0802. The van der Waals surface area contributed by atoms with E-state index in [4.69, 9.17) is 23.8 Å². The zero-order valence-electron chi connectivity index (χ0n) is 12.9. The van der Waals surface area contributed by atoms with Crippen molar-refractivity contribution in [3.8, 4) is 0 Å². The van der Waals surface area contributed by atoms with Gasteiger partial charge in [0.2, 0.25) is 0 Å². The summed E-state index contributed by atoms with van der Waals surface area (Å²) in [6.45, 7) is 0. The number of imide groups is 1. The normalized spacial score (nSPS) is 15.6. The molecule has 2 aromatic rings. The molecule has 2 amide bonds. The number of amides is 2. The van der Waals surface area contributed by atoms with Crippen LogP contribution < -0.4 is 0 Å². The van der Waals surface area contributed by atoms with Crippen LogP contribution in [0.15, 0.2) is 53.4 Å². The molecule has 0 saturated carbocycles. The van der Waals surface area contributed by atoms with Gasteiger partial charge in [0.15, 0.2) is 4.32 Å². The van der Waals surface area contributed by atoms with Crippen molar-refractivity contribution in [1.29, 1.82) is 0 Å². The Morgan fingerprint density at radius 1 is 1.23 bits per heavy atom. The Morgan fingerprint density at radius 2 is 1.96 bits per heavy atom. The lowest BCUT2D eigenvalue weighted by atomic mass is 10.1. The van der Waals surface area contributed by atoms with Crippen LogP contribution in [0.3, 0.4) is 0 Å². The number of hydrogen-bond donors (Lipinski definition) is 0. The van der Waals surface area contributed by atoms with Gasteiger partial charge in [-0.25, -0.2) is 4.90 Å². The van der Waals surface area contributed by atoms with E-state index in [0.29, 0.717) is 5.56 Å². The molecule has 1 fully saturated rings. The van der Waals surface area contributed by atoms with Crippen molar-refractivity contribution < 1.29 is 14.5 Å². The average molecular weight is 405 g/mol. The van der Waals surface area contributed by atoms with Gasteiger partial charge in [-0.05, 0) is 23.8 Å². The van der Waals surface area contributed by atoms with Gasteiger partial charge >= 0.3 is 0 Å². The van der Waals surface area contributed by atoms with Crippen LogP contribution in [0, 0.1) is 10.1 Å². The van der Waals surface area contributed by atoms with Gasteiger partial charge in [0.25, 0.3) is 17.5 Å². The van der Waals surface area contributed by atoms with Crippen molar-refractivity contribution in [2.75, 3.05) is 0 Å². The summed E-state index contributed by atoms with van der Waals surface area (Å²) in [5, 5.41) is 11.1. The number of nitro benzene ring substituents is 1. The van der Waals surface area contributed by atoms with Crippen LogP contribution in [0.25, 0.3) is 6.08 Å². The van der Waals surface area contributed by atoms with Crippen LogP contribution in [-0.4, -0.2) is 26.0 Å². The van der Waals surface area contributed by atoms with E-state index >= 15 is 0 Å². The Kier molecular flexibility index (Phi) is 5.17. The summed E-state index contributed by atoms with van der Waals surface area (Å²) in [6.07, 6.45) is 1.46. The third kappa shape index (κ3) is 3.52. The van der Waals surface area contributed by atoms with Crippen LogP contribution in [0.4, 0.5) is 5.69 Å². The maximum absolute atomic E-state index is 12.6. The number of carbonyl (C=O) groups is 2. The number of hydrogen-bond acceptors (Lipinski definition) is 6. The second kappa shape index (κ2) is 7.36. The molecular weight excluding hydrogens is 396 g/mol. The Bertz CT molecular complexity index is 990. The molecule has 3 rings (SSSR count). The molecule has 0 aromatic heterocycles. The minimum atomic E-state index is -0.611. The third-order valence-electron chi connectivity index (χ3n) is 3.48. The van der Waals surface area contributed by atoms with E-state index in [2.05, 4.69) is 0 Å². The maximum Gasteiger partial charge on any atom is 0.273 e. The highest BCUT2D eigenvalue weighted by molar-refractivity contribution is 8.26. The minimum absolute atomic E-state index is 0.0802. The molecule has 0 spiro atoms. The molecule has 0 N–H and O–H groups in total. The lowest BCUT2D eigenvalue weighted by molar-refractivity contribution is -0.384. The van der Waals surface area contributed by atoms with Gasteiger partial charge in [0.05, 0.1) is 20.4 Å². The predicted octanol–water partition coefficient (Wildman–Crippen LogP) is 4.29. The first-order chi connectivity index (χ1) is 12.4. The molecule has 1 saturated heterocycles. The summed E-state index contributed by atoms with van der Waals surface area (Å²) >= 11 is 12.1. The fourth-order valence-electron chi connectivity index (χ4n) is 2.28. The molecule has 6 nitrogen and oxygen atoms in total. The quantitative estimate of drug-likeness (QED) is 0.249. The van der Waals surface area contributed by atoms with Crippen molar-refractivity contribution in [3.63, 3.8) is 0 Å². The van der Waals surface area contributed by atoms with Crippen molar-refractivity contribution in [3.05, 3.63) is 79.7 Å². The highest BCUT2D eigenvalue weighted by atomic mass is 35.5. The van der Waals surface area contributed by atoms with Gasteiger partial charge in [-0.3, -0.25) is 19.7 Å². The van der Waals surface area contributed by atoms with E-state index in [1.165, 1.54) is 30.3 Å². The first-order valence-electron chi connectivity index (χ1n) is 7.20.